The molecule has 10 aromatic rings. The second-order valence-electron chi connectivity index (χ2n) is 15.2. The molecule has 1 heterocycles. The fourth-order valence-corrected chi connectivity index (χ4v) is 9.84. The van der Waals surface area contributed by atoms with Crippen LogP contribution in [0.5, 0.6) is 0 Å². The Kier molecular flexibility index (Phi) is 6.53. The Morgan fingerprint density at radius 2 is 0.764 bits per heavy atom. The summed E-state index contributed by atoms with van der Waals surface area (Å²) < 4.78 is 0. The topological polar surface area (TPSA) is 3.24 Å². The molecule has 1 nitrogen and oxygen atoms in total. The maximum atomic E-state index is 2.54. The molecular formula is C54H35N. The molecule has 0 amide bonds. The van der Waals surface area contributed by atoms with Gasteiger partial charge in [0.1, 0.15) is 0 Å². The Morgan fingerprint density at radius 1 is 0.345 bits per heavy atom. The highest BCUT2D eigenvalue weighted by Crippen LogP contribution is 2.51. The van der Waals surface area contributed by atoms with Crippen LogP contribution < -0.4 is 4.90 Å². The van der Waals surface area contributed by atoms with E-state index in [1.807, 2.05) is 0 Å². The van der Waals surface area contributed by atoms with Crippen molar-refractivity contribution in [2.24, 2.45) is 0 Å². The summed E-state index contributed by atoms with van der Waals surface area (Å²) in [5.41, 5.74) is 8.89. The third-order valence-electron chi connectivity index (χ3n) is 12.3. The van der Waals surface area contributed by atoms with Crippen LogP contribution in [0.15, 0.2) is 200 Å². The van der Waals surface area contributed by atoms with E-state index >= 15 is 0 Å². The molecule has 10 aromatic carbocycles. The summed E-state index contributed by atoms with van der Waals surface area (Å²) >= 11 is 0. The van der Waals surface area contributed by atoms with E-state index in [-0.39, 0.29) is 12.0 Å². The molecule has 0 radical (unpaired) electrons. The van der Waals surface area contributed by atoms with Crippen molar-refractivity contribution in [3.05, 3.63) is 211 Å². The lowest BCUT2D eigenvalue weighted by Gasteiger charge is -2.29. The van der Waals surface area contributed by atoms with Crippen molar-refractivity contribution in [2.75, 3.05) is 4.90 Å². The van der Waals surface area contributed by atoms with Crippen molar-refractivity contribution < 1.29 is 0 Å². The second kappa shape index (κ2) is 11.8. The monoisotopic (exact) mass is 697 g/mol. The maximum absolute atomic E-state index is 2.54. The summed E-state index contributed by atoms with van der Waals surface area (Å²) in [6.45, 7) is 0. The molecule has 0 saturated heterocycles. The Labute approximate surface area is 319 Å². The molecule has 2 atom stereocenters. The van der Waals surface area contributed by atoms with Gasteiger partial charge in [0.05, 0.1) is 6.04 Å². The summed E-state index contributed by atoms with van der Waals surface area (Å²) in [5, 5.41) is 15.7. The normalized spacial score (nSPS) is 16.4. The highest BCUT2D eigenvalue weighted by atomic mass is 15.2. The Hall–Kier alpha value is -6.96. The van der Waals surface area contributed by atoms with Crippen LogP contribution in [0.2, 0.25) is 0 Å². The van der Waals surface area contributed by atoms with E-state index in [2.05, 4.69) is 205 Å². The molecule has 1 aliphatic carbocycles. The van der Waals surface area contributed by atoms with Crippen molar-refractivity contribution in [2.45, 2.75) is 12.0 Å². The number of para-hydroxylation sites is 1. The molecule has 2 aliphatic rings. The predicted molar refractivity (Wildman–Crippen MR) is 236 cm³/mol. The zero-order valence-electron chi connectivity index (χ0n) is 30.2. The van der Waals surface area contributed by atoms with Crippen molar-refractivity contribution in [1.82, 2.24) is 0 Å². The van der Waals surface area contributed by atoms with E-state index in [1.54, 1.807) is 0 Å². The van der Waals surface area contributed by atoms with Gasteiger partial charge in [-0.3, -0.25) is 0 Å². The van der Waals surface area contributed by atoms with Gasteiger partial charge < -0.3 is 4.90 Å². The van der Waals surface area contributed by atoms with Crippen LogP contribution in [0.3, 0.4) is 0 Å². The van der Waals surface area contributed by atoms with Gasteiger partial charge >= 0.3 is 0 Å². The smallest absolute Gasteiger partial charge is 0.0630 e. The van der Waals surface area contributed by atoms with E-state index in [0.29, 0.717) is 0 Å². The van der Waals surface area contributed by atoms with Crippen molar-refractivity contribution in [1.29, 1.82) is 0 Å². The minimum atomic E-state index is 0.188. The summed E-state index contributed by atoms with van der Waals surface area (Å²) in [5.74, 6) is 0.199. The zero-order valence-corrected chi connectivity index (χ0v) is 30.2. The standard InChI is InChI=1S/C54H35N/c1-2-12-38(13-3-1)55-53-28-24-36(34-22-26-47-43-18-6-4-14-39(43)41-16-8-10-20-45(41)49(47)30-34)32-51(53)52-33-37(25-29-54(52)55)35-23-27-48-44-19-7-5-15-40(44)42-17-9-11-21-46(42)50(48)31-35/h1-33,51,53H. The molecule has 0 aromatic heterocycles. The lowest BCUT2D eigenvalue weighted by atomic mass is 9.84. The predicted octanol–water partition coefficient (Wildman–Crippen LogP) is 14.5. The number of hydrogen-bond donors (Lipinski definition) is 0. The fraction of sp³-hybridized carbons (Fsp3) is 0.0370. The van der Waals surface area contributed by atoms with Crippen molar-refractivity contribution >= 4 is 81.6 Å². The lowest BCUT2D eigenvalue weighted by molar-refractivity contribution is 0.747. The second-order valence-corrected chi connectivity index (χ2v) is 15.2. The van der Waals surface area contributed by atoms with E-state index in [1.165, 1.54) is 104 Å². The van der Waals surface area contributed by atoms with Crippen molar-refractivity contribution in [3.63, 3.8) is 0 Å². The van der Waals surface area contributed by atoms with Gasteiger partial charge in [0.25, 0.3) is 0 Å². The van der Waals surface area contributed by atoms with Gasteiger partial charge in [0.15, 0.2) is 0 Å². The molecule has 1 aliphatic heterocycles. The van der Waals surface area contributed by atoms with Crippen LogP contribution in [0.4, 0.5) is 11.4 Å². The van der Waals surface area contributed by atoms with Crippen LogP contribution in [0.1, 0.15) is 17.0 Å². The van der Waals surface area contributed by atoms with Gasteiger partial charge in [-0.1, -0.05) is 164 Å². The minimum absolute atomic E-state index is 0.188. The molecule has 0 saturated carbocycles. The quantitative estimate of drug-likeness (QED) is 0.166. The first-order chi connectivity index (χ1) is 27.3. The highest BCUT2D eigenvalue weighted by Gasteiger charge is 2.38. The van der Waals surface area contributed by atoms with Gasteiger partial charge in [-0.2, -0.15) is 0 Å². The molecule has 12 rings (SSSR count). The Bertz CT molecular complexity index is 3210. The number of benzene rings is 10. The first-order valence-electron chi connectivity index (χ1n) is 19.3. The number of hydrogen-bond acceptors (Lipinski definition) is 1. The van der Waals surface area contributed by atoms with Gasteiger partial charge in [-0.25, -0.2) is 0 Å². The molecule has 0 N–H and O–H groups in total. The van der Waals surface area contributed by atoms with Gasteiger partial charge in [-0.15, -0.1) is 0 Å². The summed E-state index contributed by atoms with van der Waals surface area (Å²) in [7, 11) is 0. The SMILES string of the molecule is C1=CC2C(C=C1c1ccc3c4ccccc4c4ccccc4c3c1)c1cc(-c3ccc4c5ccccc5c5ccccc5c4c3)ccc1N2c1ccccc1. The number of nitrogens with zero attached hydrogens (tertiary/aromatic N) is 1. The van der Waals surface area contributed by atoms with Crippen LogP contribution in [0.25, 0.3) is 81.3 Å². The van der Waals surface area contributed by atoms with Crippen LogP contribution in [-0.4, -0.2) is 6.04 Å². The molecular weight excluding hydrogens is 663 g/mol. The summed E-state index contributed by atoms with van der Waals surface area (Å²) in [4.78, 5) is 2.54. The molecule has 256 valence electrons. The van der Waals surface area contributed by atoms with E-state index in [0.717, 1.165) is 0 Å². The van der Waals surface area contributed by atoms with Gasteiger partial charge in [0, 0.05) is 17.3 Å². The molecule has 0 bridgehead atoms. The molecule has 1 heteroatoms. The third kappa shape index (κ3) is 4.54. The minimum Gasteiger partial charge on any atom is -0.333 e. The first-order valence-corrected chi connectivity index (χ1v) is 19.3. The van der Waals surface area contributed by atoms with E-state index in [9.17, 15) is 0 Å². The summed E-state index contributed by atoms with van der Waals surface area (Å²) in [6.07, 6.45) is 7.32. The number of fused-ring (bicyclic) bond motifs is 15. The molecule has 2 unspecified atom stereocenters. The van der Waals surface area contributed by atoms with Gasteiger partial charge in [-0.05, 0) is 129 Å². The highest BCUT2D eigenvalue weighted by molar-refractivity contribution is 6.27. The fourth-order valence-electron chi connectivity index (χ4n) is 9.84. The number of rotatable bonds is 3. The largest absolute Gasteiger partial charge is 0.333 e. The number of allylic oxidation sites excluding steroid dienone is 2. The maximum Gasteiger partial charge on any atom is 0.0630 e. The molecule has 0 spiro atoms. The summed E-state index contributed by atoms with van der Waals surface area (Å²) in [6, 6.07) is 67.7. The number of anilines is 2. The first kappa shape index (κ1) is 30.5. The Balaban J connectivity index is 1.02. The molecule has 0 fully saturated rings. The van der Waals surface area contributed by atoms with Crippen LogP contribution in [-0.2, 0) is 0 Å². The Morgan fingerprint density at radius 3 is 1.31 bits per heavy atom. The van der Waals surface area contributed by atoms with Crippen molar-refractivity contribution in [3.8, 4) is 11.1 Å². The van der Waals surface area contributed by atoms with E-state index < -0.39 is 0 Å². The zero-order chi connectivity index (χ0) is 36.0. The van der Waals surface area contributed by atoms with Gasteiger partial charge in [0.2, 0.25) is 0 Å². The third-order valence-corrected chi connectivity index (χ3v) is 12.3. The van der Waals surface area contributed by atoms with Crippen LogP contribution in [0, 0.1) is 0 Å². The van der Waals surface area contributed by atoms with E-state index in [4.69, 9.17) is 0 Å². The molecule has 55 heavy (non-hydrogen) atoms. The van der Waals surface area contributed by atoms with Crippen LogP contribution >= 0.6 is 0 Å². The average molecular weight is 698 g/mol. The lowest BCUT2D eigenvalue weighted by Crippen LogP contribution is -2.28. The average Bonchev–Trinajstić information content (AvgIpc) is 3.59.